The molecule has 1 saturated carbocycles. The average molecular weight is 1250 g/mol. The van der Waals surface area contributed by atoms with Crippen molar-refractivity contribution in [2.45, 2.75) is 88.0 Å². The van der Waals surface area contributed by atoms with Crippen LogP contribution >= 0.6 is 0 Å². The van der Waals surface area contributed by atoms with E-state index in [9.17, 15) is 45.2 Å². The predicted molar refractivity (Wildman–Crippen MR) is 302 cm³/mol. The number of amides is 3. The van der Waals surface area contributed by atoms with Crippen molar-refractivity contribution in [3.63, 3.8) is 0 Å². The lowest BCUT2D eigenvalue weighted by atomic mass is 9.90. The summed E-state index contributed by atoms with van der Waals surface area (Å²) in [5.41, 5.74) is 9.86. The number of rotatable bonds is 43. The number of likely N-dealkylation sites (tertiary alicyclic amines) is 1. The Bertz CT molecular complexity index is 2520. The summed E-state index contributed by atoms with van der Waals surface area (Å²) in [6.07, 6.45) is -9.79. The number of nitrogens with one attached hydrogen (secondary N) is 1. The van der Waals surface area contributed by atoms with Crippen LogP contribution in [0.1, 0.15) is 62.0 Å². The number of amidine groups is 1. The van der Waals surface area contributed by atoms with Crippen LogP contribution in [0.15, 0.2) is 47.1 Å². The number of hydrogen-bond donors (Lipinski definition) is 3. The molecule has 3 amide bonds. The van der Waals surface area contributed by atoms with E-state index in [2.05, 4.69) is 20.0 Å². The van der Waals surface area contributed by atoms with Gasteiger partial charge < -0.3 is 68.1 Å². The van der Waals surface area contributed by atoms with Crippen LogP contribution in [0.2, 0.25) is 0 Å². The van der Waals surface area contributed by atoms with Gasteiger partial charge in [-0.2, -0.15) is 8.42 Å². The van der Waals surface area contributed by atoms with E-state index in [4.69, 9.17) is 62.5 Å². The molecule has 3 aliphatic rings. The maximum atomic E-state index is 14.2. The third kappa shape index (κ3) is 24.3. The molecule has 5 atom stereocenters. The first-order valence-electron chi connectivity index (χ1n) is 28.7. The van der Waals surface area contributed by atoms with Crippen molar-refractivity contribution in [3.05, 3.63) is 53.4 Å². The second kappa shape index (κ2) is 39.5. The molecule has 25 nitrogen and oxygen atoms in total. The van der Waals surface area contributed by atoms with Gasteiger partial charge in [0.1, 0.15) is 17.6 Å². The van der Waals surface area contributed by atoms with Crippen molar-refractivity contribution in [2.24, 2.45) is 10.7 Å². The summed E-state index contributed by atoms with van der Waals surface area (Å²) >= 11 is 0. The zero-order chi connectivity index (χ0) is 62.1. The summed E-state index contributed by atoms with van der Waals surface area (Å²) < 4.78 is 147. The Balaban J connectivity index is 0.760. The molecule has 0 bridgehead atoms. The number of nitrogens with two attached hydrogens (primary N) is 1. The summed E-state index contributed by atoms with van der Waals surface area (Å²) in [4.78, 5) is 68.1. The number of carbonyl (C=O) groups excluding carboxylic acids is 4. The first kappa shape index (κ1) is 71.4. The maximum Gasteiger partial charge on any atom is 0.308 e. The lowest BCUT2D eigenvalue weighted by molar-refractivity contribution is -0.180. The van der Waals surface area contributed by atoms with E-state index in [1.165, 1.54) is 5.06 Å². The minimum absolute atomic E-state index is 0.0417. The van der Waals surface area contributed by atoms with Gasteiger partial charge in [-0.15, -0.1) is 0 Å². The first-order chi connectivity index (χ1) is 41.5. The SMILES string of the molecule is CCCN(OCC)C(=O)C1=Cc2ccc(-c3ccc(C(=O)N4CCC[C@H]4C(=O)NCCOCCOCCOCCOCCOCCOCCOCCOCCOCCOCCC(=O)OC4C(F)C(F)C(S(=O)(=O)O)C(F)C4F)nc3)cc2N=C(N)C1. The molecule has 1 aliphatic carbocycles. The number of benzene rings is 1. The third-order valence-electron chi connectivity index (χ3n) is 13.2. The number of alkyl halides is 4. The second-order valence-electron chi connectivity index (χ2n) is 19.5. The van der Waals surface area contributed by atoms with Gasteiger partial charge in [0.2, 0.25) is 5.91 Å². The summed E-state index contributed by atoms with van der Waals surface area (Å²) in [7, 11) is -5.44. The fraction of sp³-hybridized carbons (Fsp3) is 0.679. The topological polar surface area (TPSA) is 303 Å². The Kier molecular flexibility index (Phi) is 32.8. The average Bonchev–Trinajstić information content (AvgIpc) is 1.29. The normalized spacial score (nSPS) is 20.5. The number of aromatic nitrogens is 1. The van der Waals surface area contributed by atoms with E-state index in [-0.39, 0.29) is 76.0 Å². The van der Waals surface area contributed by atoms with E-state index >= 15 is 0 Å². The minimum atomic E-state index is -5.44. The molecular weight excluding hydrogens is 1170 g/mol. The number of aliphatic imine (C=N–C) groups is 1. The fourth-order valence-corrected chi connectivity index (χ4v) is 9.88. The Morgan fingerprint density at radius 1 is 0.698 bits per heavy atom. The van der Waals surface area contributed by atoms with Crippen molar-refractivity contribution in [2.75, 3.05) is 158 Å². The minimum Gasteiger partial charge on any atom is -0.456 e. The van der Waals surface area contributed by atoms with Gasteiger partial charge in [-0.05, 0) is 50.0 Å². The van der Waals surface area contributed by atoms with E-state index < -0.39 is 64.6 Å². The van der Waals surface area contributed by atoms with Crippen LogP contribution in [0.4, 0.5) is 23.2 Å². The number of fused-ring (bicyclic) bond motifs is 1. The van der Waals surface area contributed by atoms with Crippen molar-refractivity contribution in [1.29, 1.82) is 0 Å². The number of halogens is 4. The highest BCUT2D eigenvalue weighted by molar-refractivity contribution is 7.86. The summed E-state index contributed by atoms with van der Waals surface area (Å²) in [5, 5.41) is 1.26. The van der Waals surface area contributed by atoms with E-state index in [0.29, 0.717) is 142 Å². The molecule has 30 heteroatoms. The number of carbonyl (C=O) groups is 4. The second-order valence-corrected chi connectivity index (χ2v) is 21.1. The molecule has 1 aromatic carbocycles. The number of hydroxylamine groups is 2. The molecule has 4 N–H and O–H groups in total. The van der Waals surface area contributed by atoms with Gasteiger partial charge in [-0.1, -0.05) is 25.1 Å². The molecule has 2 aliphatic heterocycles. The van der Waals surface area contributed by atoms with Gasteiger partial charge in [0, 0.05) is 49.0 Å². The van der Waals surface area contributed by atoms with Gasteiger partial charge >= 0.3 is 5.97 Å². The summed E-state index contributed by atoms with van der Waals surface area (Å²) in [5.74, 6) is -1.75. The monoisotopic (exact) mass is 1250 g/mol. The molecule has 1 aromatic heterocycles. The van der Waals surface area contributed by atoms with Crippen LogP contribution in [0.5, 0.6) is 0 Å². The Morgan fingerprint density at radius 2 is 1.20 bits per heavy atom. The van der Waals surface area contributed by atoms with Crippen LogP contribution in [0.3, 0.4) is 0 Å². The highest BCUT2D eigenvalue weighted by atomic mass is 32.2. The van der Waals surface area contributed by atoms with Crippen molar-refractivity contribution >= 4 is 51.4 Å². The Labute approximate surface area is 498 Å². The molecule has 0 radical (unpaired) electrons. The lowest BCUT2D eigenvalue weighted by Crippen LogP contribution is -2.61. The number of pyridine rings is 1. The zero-order valence-corrected chi connectivity index (χ0v) is 49.5. The largest absolute Gasteiger partial charge is 0.456 e. The van der Waals surface area contributed by atoms with Gasteiger partial charge in [0.25, 0.3) is 21.9 Å². The molecule has 4 unspecified atom stereocenters. The number of esters is 1. The number of ether oxygens (including phenoxy) is 11. The quantitative estimate of drug-likeness (QED) is 0.0281. The Hall–Kier alpha value is -5.35. The molecule has 0 spiro atoms. The van der Waals surface area contributed by atoms with Gasteiger partial charge in [0.05, 0.1) is 151 Å². The molecule has 5 rings (SSSR count). The van der Waals surface area contributed by atoms with Gasteiger partial charge in [0.15, 0.2) is 36.0 Å². The molecule has 1 saturated heterocycles. The van der Waals surface area contributed by atoms with Gasteiger partial charge in [-0.25, -0.2) is 27.6 Å². The van der Waals surface area contributed by atoms with E-state index in [0.717, 1.165) is 23.1 Å². The van der Waals surface area contributed by atoms with Crippen LogP contribution in [0.25, 0.3) is 17.2 Å². The Morgan fingerprint density at radius 3 is 1.67 bits per heavy atom. The maximum absolute atomic E-state index is 14.2. The molecular formula is C56H82F4N6O19S. The third-order valence-corrected chi connectivity index (χ3v) is 14.4. The summed E-state index contributed by atoms with van der Waals surface area (Å²) in [6.45, 7) is 11.2. The standard InChI is InChI=1S/C56H82F4N6O19S/c1-3-13-66(84-4-2)55(69)42-35-40-8-7-39(36-44(40)64-46(61)37-42)41-9-10-43(63-38-41)56(70)65-14-5-6-45(65)54(68)62-12-16-75-18-20-77-22-24-79-26-28-81-30-32-83-34-33-82-31-29-80-27-25-78-23-21-76-19-17-74-15-11-47(67)85-52-48(57)50(59)53(86(71,72)73)51(60)49(52)58/h7-10,35-36,38,45,48-53H,3-6,11-34,37H2,1-2H3,(H2,61,64)(H,62,68)(H,71,72,73)/t45-,48?,49?,50?,51?,52?,53?/m0/s1. The number of nitrogens with zero attached hydrogens (tertiary/aromatic N) is 4. The highest BCUT2D eigenvalue weighted by Gasteiger charge is 2.59. The smallest absolute Gasteiger partial charge is 0.308 e. The van der Waals surface area contributed by atoms with Crippen molar-refractivity contribution < 1.29 is 107 Å². The zero-order valence-electron chi connectivity index (χ0n) is 48.7. The van der Waals surface area contributed by atoms with E-state index in [1.807, 2.05) is 32.0 Å². The van der Waals surface area contributed by atoms with E-state index in [1.54, 1.807) is 29.3 Å². The van der Waals surface area contributed by atoms with Crippen molar-refractivity contribution in [3.8, 4) is 11.1 Å². The first-order valence-corrected chi connectivity index (χ1v) is 30.2. The van der Waals surface area contributed by atoms with Crippen LogP contribution in [0, 0.1) is 0 Å². The van der Waals surface area contributed by atoms with Gasteiger partial charge in [-0.3, -0.25) is 33.6 Å². The predicted octanol–water partition coefficient (Wildman–Crippen LogP) is 3.53. The molecule has 2 aromatic rings. The molecule has 2 fully saturated rings. The van der Waals surface area contributed by atoms with Crippen LogP contribution < -0.4 is 11.1 Å². The van der Waals surface area contributed by atoms with Crippen molar-refractivity contribution in [1.82, 2.24) is 20.3 Å². The molecule has 86 heavy (non-hydrogen) atoms. The molecule has 3 heterocycles. The van der Waals surface area contributed by atoms with Crippen LogP contribution in [-0.2, 0) is 81.4 Å². The summed E-state index contributed by atoms with van der Waals surface area (Å²) in [6, 6.07) is 8.46. The fourth-order valence-electron chi connectivity index (χ4n) is 8.92. The van der Waals surface area contributed by atoms with Crippen LogP contribution in [-0.4, -0.2) is 258 Å². The highest BCUT2D eigenvalue weighted by Crippen LogP contribution is 2.36. The lowest BCUT2D eigenvalue weighted by Gasteiger charge is -2.37. The number of hydrogen-bond acceptors (Lipinski definition) is 21. The molecule has 484 valence electrons.